The molecule has 0 heterocycles. The molecule has 2 nitrogen and oxygen atoms in total. The molecule has 11 heavy (non-hydrogen) atoms. The molecule has 64 valence electrons. The molecule has 0 aliphatic heterocycles. The van der Waals surface area contributed by atoms with E-state index in [9.17, 15) is 4.79 Å². The normalized spacial score (nSPS) is 13.3. The van der Waals surface area contributed by atoms with Gasteiger partial charge in [-0.1, -0.05) is 18.6 Å². The highest BCUT2D eigenvalue weighted by Crippen LogP contribution is 2.28. The molecular weight excluding hydrogens is 140 g/mol. The Morgan fingerprint density at radius 3 is 2.09 bits per heavy atom. The Kier molecular flexibility index (Phi) is 3.30. The lowest BCUT2D eigenvalue weighted by molar-refractivity contribution is -0.144. The second-order valence-corrected chi connectivity index (χ2v) is 3.10. The first-order valence-corrected chi connectivity index (χ1v) is 3.85. The van der Waals surface area contributed by atoms with Crippen LogP contribution < -0.4 is 0 Å². The molecule has 0 saturated heterocycles. The molecule has 0 bridgehead atoms. The number of rotatable bonds is 3. The van der Waals surface area contributed by atoms with Crippen molar-refractivity contribution in [2.75, 3.05) is 0 Å². The van der Waals surface area contributed by atoms with Gasteiger partial charge in [-0.15, -0.1) is 0 Å². The van der Waals surface area contributed by atoms with E-state index in [0.29, 0.717) is 0 Å². The van der Waals surface area contributed by atoms with Crippen molar-refractivity contribution < 1.29 is 9.90 Å². The first kappa shape index (κ1) is 10.2. The summed E-state index contributed by atoms with van der Waals surface area (Å²) in [5.41, 5.74) is 0.272. The van der Waals surface area contributed by atoms with Gasteiger partial charge in [0.1, 0.15) is 0 Å². The lowest BCUT2D eigenvalue weighted by Crippen LogP contribution is -2.25. The first-order chi connectivity index (χ1) is 4.96. The Bertz CT molecular complexity index is 178. The third-order valence-electron chi connectivity index (χ3n) is 2.07. The maximum atomic E-state index is 10.7. The predicted octanol–water partition coefficient (Wildman–Crippen LogP) is 2.45. The van der Waals surface area contributed by atoms with Crippen LogP contribution in [0.2, 0.25) is 0 Å². The summed E-state index contributed by atoms with van der Waals surface area (Å²) < 4.78 is 0. The van der Waals surface area contributed by atoms with E-state index in [2.05, 4.69) is 0 Å². The van der Waals surface area contributed by atoms with Gasteiger partial charge < -0.3 is 5.11 Å². The number of hydrogen-bond acceptors (Lipinski definition) is 1. The van der Waals surface area contributed by atoms with E-state index in [1.54, 1.807) is 13.8 Å². The van der Waals surface area contributed by atoms with Crippen LogP contribution in [0.5, 0.6) is 0 Å². The fourth-order valence-corrected chi connectivity index (χ4v) is 1.14. The smallest absolute Gasteiger partial charge is 0.313 e. The van der Waals surface area contributed by atoms with Crippen LogP contribution >= 0.6 is 0 Å². The highest BCUT2D eigenvalue weighted by Gasteiger charge is 2.29. The summed E-state index contributed by atoms with van der Waals surface area (Å²) in [4.78, 5) is 10.7. The summed E-state index contributed by atoms with van der Waals surface area (Å²) in [6.45, 7) is 7.31. The maximum Gasteiger partial charge on any atom is 0.313 e. The van der Waals surface area contributed by atoms with Crippen LogP contribution in [0.25, 0.3) is 0 Å². The van der Waals surface area contributed by atoms with Crippen LogP contribution in [-0.2, 0) is 4.79 Å². The molecule has 0 aromatic heterocycles. The van der Waals surface area contributed by atoms with Gasteiger partial charge in [-0.3, -0.25) is 4.79 Å². The number of allylic oxidation sites excluding steroid dienone is 1. The minimum Gasteiger partial charge on any atom is -0.481 e. The van der Waals surface area contributed by atoms with Crippen molar-refractivity contribution in [3.63, 3.8) is 0 Å². The average molecular weight is 156 g/mol. The number of hydrogen-bond donors (Lipinski definition) is 1. The summed E-state index contributed by atoms with van der Waals surface area (Å²) >= 11 is 0. The molecule has 0 radical (unpaired) electrons. The van der Waals surface area contributed by atoms with Gasteiger partial charge in [0.15, 0.2) is 0 Å². The Morgan fingerprint density at radius 2 is 2.00 bits per heavy atom. The Morgan fingerprint density at radius 1 is 1.55 bits per heavy atom. The van der Waals surface area contributed by atoms with Crippen LogP contribution in [0.15, 0.2) is 11.6 Å². The Balaban J connectivity index is 4.66. The van der Waals surface area contributed by atoms with E-state index in [1.807, 2.05) is 19.9 Å². The fourth-order valence-electron chi connectivity index (χ4n) is 1.14. The van der Waals surface area contributed by atoms with Gasteiger partial charge in [0.2, 0.25) is 0 Å². The largest absolute Gasteiger partial charge is 0.481 e. The summed E-state index contributed by atoms with van der Waals surface area (Å²) in [6.07, 6.45) is 2.68. The monoisotopic (exact) mass is 156 g/mol. The van der Waals surface area contributed by atoms with Gasteiger partial charge in [0.05, 0.1) is 5.41 Å². The van der Waals surface area contributed by atoms with Crippen LogP contribution in [0.4, 0.5) is 0 Å². The Labute approximate surface area is 67.9 Å². The van der Waals surface area contributed by atoms with E-state index in [4.69, 9.17) is 5.11 Å². The fraction of sp³-hybridized carbons (Fsp3) is 0.667. The molecule has 0 aromatic rings. The zero-order chi connectivity index (χ0) is 9.07. The van der Waals surface area contributed by atoms with Gasteiger partial charge in [-0.25, -0.2) is 0 Å². The third kappa shape index (κ3) is 2.07. The summed E-state index contributed by atoms with van der Waals surface area (Å²) in [5.74, 6) is -0.757. The number of aliphatic carboxylic acids is 1. The van der Waals surface area contributed by atoms with Gasteiger partial charge in [-0.05, 0) is 27.2 Å². The molecule has 0 aliphatic rings. The number of carboxylic acids is 1. The molecule has 0 saturated carbocycles. The predicted molar refractivity (Wildman–Crippen MR) is 45.5 cm³/mol. The average Bonchev–Trinajstić information content (AvgIpc) is 1.89. The van der Waals surface area contributed by atoms with E-state index >= 15 is 0 Å². The summed E-state index contributed by atoms with van der Waals surface area (Å²) in [5, 5.41) is 8.83. The van der Waals surface area contributed by atoms with Crippen molar-refractivity contribution >= 4 is 5.97 Å². The maximum absolute atomic E-state index is 10.7. The number of carbonyl (C=O) groups is 1. The molecule has 0 aromatic carbocycles. The van der Waals surface area contributed by atoms with E-state index in [0.717, 1.165) is 12.0 Å². The van der Waals surface area contributed by atoms with E-state index in [-0.39, 0.29) is 0 Å². The molecule has 0 unspecified atom stereocenters. The quantitative estimate of drug-likeness (QED) is 0.637. The van der Waals surface area contributed by atoms with Crippen molar-refractivity contribution in [3.05, 3.63) is 11.6 Å². The van der Waals surface area contributed by atoms with E-state index in [1.165, 1.54) is 0 Å². The van der Waals surface area contributed by atoms with Crippen molar-refractivity contribution in [3.8, 4) is 0 Å². The SMILES string of the molecule is C/C=C(\CC)C(C)(C)C(=O)O. The van der Waals surface area contributed by atoms with Crippen molar-refractivity contribution in [1.29, 1.82) is 0 Å². The van der Waals surface area contributed by atoms with Gasteiger partial charge in [0, 0.05) is 0 Å². The minimum atomic E-state index is -0.757. The molecule has 0 aliphatic carbocycles. The molecular formula is C9H16O2. The van der Waals surface area contributed by atoms with Crippen molar-refractivity contribution in [2.45, 2.75) is 34.1 Å². The highest BCUT2D eigenvalue weighted by molar-refractivity contribution is 5.77. The molecule has 0 rings (SSSR count). The molecule has 0 spiro atoms. The van der Waals surface area contributed by atoms with Crippen molar-refractivity contribution in [1.82, 2.24) is 0 Å². The third-order valence-corrected chi connectivity index (χ3v) is 2.07. The van der Waals surface area contributed by atoms with Crippen LogP contribution in [0, 0.1) is 5.41 Å². The number of carboxylic acid groups (broad SMARTS) is 1. The summed E-state index contributed by atoms with van der Waals surface area (Å²) in [6, 6.07) is 0. The molecule has 0 amide bonds. The second-order valence-electron chi connectivity index (χ2n) is 3.10. The lowest BCUT2D eigenvalue weighted by atomic mass is 9.83. The zero-order valence-corrected chi connectivity index (χ0v) is 7.64. The van der Waals surface area contributed by atoms with Gasteiger partial charge in [-0.2, -0.15) is 0 Å². The molecule has 0 atom stereocenters. The molecule has 2 heteroatoms. The second kappa shape index (κ2) is 3.56. The molecule has 1 N–H and O–H groups in total. The molecule has 0 fully saturated rings. The zero-order valence-electron chi connectivity index (χ0n) is 7.64. The highest BCUT2D eigenvalue weighted by atomic mass is 16.4. The minimum absolute atomic E-state index is 0.705. The van der Waals surface area contributed by atoms with Crippen LogP contribution in [-0.4, -0.2) is 11.1 Å². The first-order valence-electron chi connectivity index (χ1n) is 3.85. The lowest BCUT2D eigenvalue weighted by Gasteiger charge is -2.21. The van der Waals surface area contributed by atoms with E-state index < -0.39 is 11.4 Å². The van der Waals surface area contributed by atoms with Gasteiger partial charge in [0.25, 0.3) is 0 Å². The topological polar surface area (TPSA) is 37.3 Å². The van der Waals surface area contributed by atoms with Crippen LogP contribution in [0.3, 0.4) is 0 Å². The van der Waals surface area contributed by atoms with Crippen LogP contribution in [0.1, 0.15) is 34.1 Å². The standard InChI is InChI=1S/C9H16O2/c1-5-7(6-2)9(3,4)8(10)11/h5H,6H2,1-4H3,(H,10,11)/b7-5+. The Hall–Kier alpha value is -0.790. The van der Waals surface area contributed by atoms with Gasteiger partial charge >= 0.3 is 5.97 Å². The summed E-state index contributed by atoms with van der Waals surface area (Å²) in [7, 11) is 0. The van der Waals surface area contributed by atoms with Crippen molar-refractivity contribution in [2.24, 2.45) is 5.41 Å².